The second kappa shape index (κ2) is 6.07. The summed E-state index contributed by atoms with van der Waals surface area (Å²) in [6.07, 6.45) is -4.64. The van der Waals surface area contributed by atoms with Gasteiger partial charge in [0, 0.05) is 11.4 Å². The van der Waals surface area contributed by atoms with Crippen molar-refractivity contribution in [1.29, 1.82) is 0 Å². The normalized spacial score (nSPS) is 13.0. The van der Waals surface area contributed by atoms with Crippen molar-refractivity contribution in [3.63, 3.8) is 0 Å². The zero-order chi connectivity index (χ0) is 17.3. The number of rotatable bonds is 3. The molecule has 0 bridgehead atoms. The highest BCUT2D eigenvalue weighted by atomic mass is 19.4. The molecule has 0 saturated heterocycles. The lowest BCUT2D eigenvalue weighted by Crippen LogP contribution is -2.15. The Morgan fingerprint density at radius 1 is 0.958 bits per heavy atom. The van der Waals surface area contributed by atoms with E-state index < -0.39 is 12.0 Å². The number of hydrogen-bond acceptors (Lipinski definition) is 3. The summed E-state index contributed by atoms with van der Waals surface area (Å²) in [5, 5.41) is 3.45. The number of para-hydroxylation sites is 1. The van der Waals surface area contributed by atoms with E-state index >= 15 is 0 Å². The summed E-state index contributed by atoms with van der Waals surface area (Å²) in [5.74, 6) is -1.49. The van der Waals surface area contributed by atoms with Crippen LogP contribution in [0.4, 0.5) is 23.4 Å². The maximum Gasteiger partial charge on any atom is 0.451 e. The predicted molar refractivity (Wildman–Crippen MR) is 83.0 cm³/mol. The Labute approximate surface area is 135 Å². The van der Waals surface area contributed by atoms with Gasteiger partial charge in [0.1, 0.15) is 11.6 Å². The van der Waals surface area contributed by atoms with Crippen LogP contribution in [0.2, 0.25) is 0 Å². The summed E-state index contributed by atoms with van der Waals surface area (Å²) >= 11 is 0. The minimum atomic E-state index is -4.64. The second-order valence-corrected chi connectivity index (χ2v) is 5.33. The molecule has 3 nitrogen and oxygen atoms in total. The number of nitrogens with one attached hydrogen (secondary N) is 1. The summed E-state index contributed by atoms with van der Waals surface area (Å²) in [6, 6.07) is 11.8. The molecule has 3 rings (SSSR count). The summed E-state index contributed by atoms with van der Waals surface area (Å²) in [4.78, 5) is 7.21. The van der Waals surface area contributed by atoms with E-state index in [1.165, 1.54) is 18.2 Å². The van der Waals surface area contributed by atoms with Gasteiger partial charge in [-0.05, 0) is 36.8 Å². The lowest BCUT2D eigenvalue weighted by molar-refractivity contribution is -0.144. The summed E-state index contributed by atoms with van der Waals surface area (Å²) in [6.45, 7) is 1.76. The number of fused-ring (bicyclic) bond motifs is 1. The summed E-state index contributed by atoms with van der Waals surface area (Å²) in [7, 11) is 0. The van der Waals surface area contributed by atoms with Gasteiger partial charge >= 0.3 is 6.18 Å². The Morgan fingerprint density at radius 2 is 1.62 bits per heavy atom. The Kier molecular flexibility index (Phi) is 4.09. The molecule has 0 radical (unpaired) electrons. The van der Waals surface area contributed by atoms with Crippen LogP contribution in [0.3, 0.4) is 0 Å². The van der Waals surface area contributed by atoms with E-state index in [9.17, 15) is 17.6 Å². The van der Waals surface area contributed by atoms with Gasteiger partial charge in [0.15, 0.2) is 0 Å². The van der Waals surface area contributed by atoms with Crippen LogP contribution in [0.15, 0.2) is 48.5 Å². The van der Waals surface area contributed by atoms with Gasteiger partial charge < -0.3 is 5.32 Å². The van der Waals surface area contributed by atoms with Gasteiger partial charge in [-0.3, -0.25) is 0 Å². The molecule has 0 saturated carbocycles. The van der Waals surface area contributed by atoms with Crippen LogP contribution < -0.4 is 5.32 Å². The van der Waals surface area contributed by atoms with E-state index in [4.69, 9.17) is 0 Å². The van der Waals surface area contributed by atoms with Crippen LogP contribution in [0.1, 0.15) is 24.4 Å². The number of alkyl halides is 3. The van der Waals surface area contributed by atoms with Crippen LogP contribution in [-0.2, 0) is 6.18 Å². The highest BCUT2D eigenvalue weighted by Crippen LogP contribution is 2.31. The number of benzene rings is 2. The molecule has 124 valence electrons. The number of hydrogen-bond donors (Lipinski definition) is 1. The lowest BCUT2D eigenvalue weighted by atomic mass is 10.1. The Bertz CT molecular complexity index is 860. The van der Waals surface area contributed by atoms with Crippen LogP contribution in [0.5, 0.6) is 0 Å². The van der Waals surface area contributed by atoms with E-state index in [1.807, 2.05) is 0 Å². The van der Waals surface area contributed by atoms with E-state index in [2.05, 4.69) is 15.3 Å². The van der Waals surface area contributed by atoms with Crippen molar-refractivity contribution in [2.45, 2.75) is 19.1 Å². The summed E-state index contributed by atoms with van der Waals surface area (Å²) in [5.41, 5.74) is 0.932. The van der Waals surface area contributed by atoms with Gasteiger partial charge in [0.2, 0.25) is 5.82 Å². The fourth-order valence-corrected chi connectivity index (χ4v) is 2.35. The Morgan fingerprint density at radius 3 is 2.29 bits per heavy atom. The average molecular weight is 335 g/mol. The zero-order valence-electron chi connectivity index (χ0n) is 12.6. The van der Waals surface area contributed by atoms with Crippen molar-refractivity contribution >= 4 is 16.7 Å². The molecule has 1 N–H and O–H groups in total. The van der Waals surface area contributed by atoms with Crippen molar-refractivity contribution < 1.29 is 17.6 Å². The molecule has 24 heavy (non-hydrogen) atoms. The first-order valence-electron chi connectivity index (χ1n) is 7.20. The maximum atomic E-state index is 13.0. The third-order valence-electron chi connectivity index (χ3n) is 3.58. The molecule has 0 spiro atoms. The quantitative estimate of drug-likeness (QED) is 0.688. The fraction of sp³-hybridized carbons (Fsp3) is 0.176. The number of anilines is 1. The molecule has 3 aromatic rings. The minimum Gasteiger partial charge on any atom is -0.363 e. The molecule has 1 heterocycles. The molecule has 0 unspecified atom stereocenters. The molecule has 1 aromatic heterocycles. The van der Waals surface area contributed by atoms with Crippen LogP contribution in [0, 0.1) is 5.82 Å². The average Bonchev–Trinajstić information content (AvgIpc) is 2.54. The third kappa shape index (κ3) is 3.29. The van der Waals surface area contributed by atoms with Crippen molar-refractivity contribution in [1.82, 2.24) is 9.97 Å². The lowest BCUT2D eigenvalue weighted by Gasteiger charge is -2.17. The molecule has 2 aromatic carbocycles. The molecule has 0 aliphatic carbocycles. The molecule has 0 fully saturated rings. The monoisotopic (exact) mass is 335 g/mol. The highest BCUT2D eigenvalue weighted by Gasteiger charge is 2.35. The molecular weight excluding hydrogens is 322 g/mol. The van der Waals surface area contributed by atoms with Gasteiger partial charge in [0.25, 0.3) is 0 Å². The fourth-order valence-electron chi connectivity index (χ4n) is 2.35. The molecule has 7 heteroatoms. The zero-order valence-corrected chi connectivity index (χ0v) is 12.6. The van der Waals surface area contributed by atoms with E-state index in [-0.39, 0.29) is 23.2 Å². The first-order valence-corrected chi connectivity index (χ1v) is 7.20. The highest BCUT2D eigenvalue weighted by molar-refractivity contribution is 5.89. The van der Waals surface area contributed by atoms with Gasteiger partial charge in [-0.1, -0.05) is 24.3 Å². The van der Waals surface area contributed by atoms with Crippen LogP contribution in [-0.4, -0.2) is 9.97 Å². The summed E-state index contributed by atoms with van der Waals surface area (Å²) < 4.78 is 52.0. The molecule has 1 atom stereocenters. The van der Waals surface area contributed by atoms with Crippen LogP contribution >= 0.6 is 0 Å². The predicted octanol–water partition coefficient (Wildman–Crippen LogP) is 4.96. The van der Waals surface area contributed by atoms with E-state index in [1.54, 1.807) is 37.3 Å². The number of halogens is 4. The number of nitrogens with zero attached hydrogens (tertiary/aromatic N) is 2. The smallest absolute Gasteiger partial charge is 0.363 e. The largest absolute Gasteiger partial charge is 0.451 e. The molecular formula is C17H13F4N3. The second-order valence-electron chi connectivity index (χ2n) is 5.33. The van der Waals surface area contributed by atoms with Crippen molar-refractivity contribution in [3.8, 4) is 0 Å². The van der Waals surface area contributed by atoms with Crippen molar-refractivity contribution in [2.24, 2.45) is 0 Å². The first kappa shape index (κ1) is 16.2. The van der Waals surface area contributed by atoms with E-state index in [0.29, 0.717) is 5.39 Å². The van der Waals surface area contributed by atoms with Gasteiger partial charge in [0.05, 0.1) is 5.52 Å². The van der Waals surface area contributed by atoms with Crippen molar-refractivity contribution in [3.05, 3.63) is 65.7 Å². The first-order chi connectivity index (χ1) is 11.3. The van der Waals surface area contributed by atoms with Gasteiger partial charge in [-0.25, -0.2) is 14.4 Å². The third-order valence-corrected chi connectivity index (χ3v) is 3.58. The van der Waals surface area contributed by atoms with Gasteiger partial charge in [-0.2, -0.15) is 13.2 Å². The Hall–Kier alpha value is -2.70. The molecule has 0 aliphatic rings. The van der Waals surface area contributed by atoms with Gasteiger partial charge in [-0.15, -0.1) is 0 Å². The minimum absolute atomic E-state index is 0.0877. The van der Waals surface area contributed by atoms with Crippen LogP contribution in [0.25, 0.3) is 10.9 Å². The SMILES string of the molecule is C[C@@H](Nc1nc(C(F)(F)F)nc2ccccc12)c1ccc(F)cc1. The molecule has 0 amide bonds. The van der Waals surface area contributed by atoms with E-state index in [0.717, 1.165) is 5.56 Å². The standard InChI is InChI=1S/C17H13F4N3/c1-10(11-6-8-12(18)9-7-11)22-15-13-4-2-3-5-14(13)23-16(24-15)17(19,20)21/h2-10H,1H3,(H,22,23,24)/t10-/m1/s1. The van der Waals surface area contributed by atoms with Crippen molar-refractivity contribution in [2.75, 3.05) is 5.32 Å². The Balaban J connectivity index is 2.02. The molecule has 0 aliphatic heterocycles. The number of aromatic nitrogens is 2. The maximum absolute atomic E-state index is 13.0. The topological polar surface area (TPSA) is 37.8 Å².